The molecule has 0 saturated heterocycles. The third-order valence-corrected chi connectivity index (χ3v) is 4.36. The fourth-order valence-electron chi connectivity index (χ4n) is 2.62. The lowest BCUT2D eigenvalue weighted by Gasteiger charge is -2.14. The molecule has 9 nitrogen and oxygen atoms in total. The Morgan fingerprint density at radius 2 is 1.29 bits per heavy atom. The second kappa shape index (κ2) is 14.8. The van der Waals surface area contributed by atoms with Gasteiger partial charge in [-0.2, -0.15) is 0 Å². The molecule has 0 N–H and O–H groups in total. The van der Waals surface area contributed by atoms with Gasteiger partial charge in [0.2, 0.25) is 0 Å². The lowest BCUT2D eigenvalue weighted by molar-refractivity contribution is -0.138. The van der Waals surface area contributed by atoms with Crippen LogP contribution < -0.4 is 18.9 Å². The Hall–Kier alpha value is -4.27. The predicted molar refractivity (Wildman–Crippen MR) is 127 cm³/mol. The van der Waals surface area contributed by atoms with Crippen LogP contribution in [0.15, 0.2) is 67.8 Å². The van der Waals surface area contributed by atoms with E-state index < -0.39 is 17.9 Å². The molecule has 0 aromatic heterocycles. The summed E-state index contributed by atoms with van der Waals surface area (Å²) in [5.74, 6) is 0.0938. The van der Waals surface area contributed by atoms with E-state index in [1.54, 1.807) is 43.5 Å². The van der Waals surface area contributed by atoms with Crippen LogP contribution in [0.3, 0.4) is 0 Å². The Morgan fingerprint density at radius 3 is 1.83 bits per heavy atom. The topological polar surface area (TPSA) is 107 Å². The van der Waals surface area contributed by atoms with Crippen LogP contribution in [-0.4, -0.2) is 51.4 Å². The maximum Gasteiger partial charge on any atom is 0.343 e. The van der Waals surface area contributed by atoms with E-state index in [1.165, 1.54) is 6.07 Å². The average Bonchev–Trinajstić information content (AvgIpc) is 2.88. The zero-order chi connectivity index (χ0) is 25.5. The standard InChI is InChI=1S/C26H28O9/c1-4-24(27)33-16-6-14-31-22-13-8-19(18-23(22)32-15-7-17-34-25(28)5-2)26(29)35-21-11-9-20(30-3)10-12-21/h4-5,8-13,18H,1-2,6-7,14-17H2,3H3. The first kappa shape index (κ1) is 27.0. The molecule has 0 radical (unpaired) electrons. The van der Waals surface area contributed by atoms with Crippen molar-refractivity contribution in [2.45, 2.75) is 12.8 Å². The third kappa shape index (κ3) is 9.63. The molecule has 9 heteroatoms. The number of benzene rings is 2. The molecule has 0 fully saturated rings. The highest BCUT2D eigenvalue weighted by Crippen LogP contribution is 2.29. The molecular weight excluding hydrogens is 456 g/mol. The average molecular weight is 485 g/mol. The zero-order valence-electron chi connectivity index (χ0n) is 19.5. The Bertz CT molecular complexity index is 1010. The van der Waals surface area contributed by atoms with Crippen molar-refractivity contribution in [1.82, 2.24) is 0 Å². The highest BCUT2D eigenvalue weighted by Gasteiger charge is 2.14. The maximum atomic E-state index is 12.6. The van der Waals surface area contributed by atoms with Gasteiger partial charge in [0.25, 0.3) is 0 Å². The van der Waals surface area contributed by atoms with Crippen molar-refractivity contribution in [3.8, 4) is 23.0 Å². The van der Waals surface area contributed by atoms with Gasteiger partial charge in [-0.1, -0.05) is 13.2 Å². The number of ether oxygens (including phenoxy) is 6. The maximum absolute atomic E-state index is 12.6. The highest BCUT2D eigenvalue weighted by molar-refractivity contribution is 5.91. The molecule has 35 heavy (non-hydrogen) atoms. The largest absolute Gasteiger partial charge is 0.497 e. The number of rotatable bonds is 15. The van der Waals surface area contributed by atoms with Crippen LogP contribution in [0.25, 0.3) is 0 Å². The van der Waals surface area contributed by atoms with Crippen LogP contribution in [-0.2, 0) is 19.1 Å². The van der Waals surface area contributed by atoms with E-state index in [4.69, 9.17) is 28.4 Å². The summed E-state index contributed by atoms with van der Waals surface area (Å²) in [5.41, 5.74) is 0.251. The second-order valence-corrected chi connectivity index (χ2v) is 6.87. The van der Waals surface area contributed by atoms with E-state index in [0.717, 1.165) is 12.2 Å². The molecule has 0 aliphatic heterocycles. The molecule has 0 heterocycles. The fraction of sp³-hybridized carbons (Fsp3) is 0.269. The summed E-state index contributed by atoms with van der Waals surface area (Å²) in [7, 11) is 1.55. The minimum atomic E-state index is -0.581. The van der Waals surface area contributed by atoms with Crippen molar-refractivity contribution in [3.05, 3.63) is 73.3 Å². The normalized spacial score (nSPS) is 9.97. The number of esters is 3. The molecule has 186 valence electrons. The molecule has 0 spiro atoms. The van der Waals surface area contributed by atoms with E-state index in [0.29, 0.717) is 35.8 Å². The van der Waals surface area contributed by atoms with E-state index in [9.17, 15) is 14.4 Å². The summed E-state index contributed by atoms with van der Waals surface area (Å²) in [6.07, 6.45) is 3.02. The Morgan fingerprint density at radius 1 is 0.743 bits per heavy atom. The first-order valence-corrected chi connectivity index (χ1v) is 10.8. The van der Waals surface area contributed by atoms with Crippen molar-refractivity contribution in [2.24, 2.45) is 0 Å². The third-order valence-electron chi connectivity index (χ3n) is 4.36. The van der Waals surface area contributed by atoms with Gasteiger partial charge in [0.05, 0.1) is 39.1 Å². The van der Waals surface area contributed by atoms with Gasteiger partial charge in [-0.15, -0.1) is 0 Å². The Balaban J connectivity index is 2.02. The van der Waals surface area contributed by atoms with Gasteiger partial charge in [-0.3, -0.25) is 0 Å². The number of methoxy groups -OCH3 is 1. The van der Waals surface area contributed by atoms with Gasteiger partial charge in [0.1, 0.15) is 11.5 Å². The molecule has 2 rings (SSSR count). The minimum absolute atomic E-state index is 0.148. The number of carbonyl (C=O) groups is 3. The van der Waals surface area contributed by atoms with E-state index >= 15 is 0 Å². The molecule has 0 saturated carbocycles. The lowest BCUT2D eigenvalue weighted by atomic mass is 10.2. The van der Waals surface area contributed by atoms with Crippen LogP contribution in [0, 0.1) is 0 Å². The van der Waals surface area contributed by atoms with Gasteiger partial charge in [-0.05, 0) is 42.5 Å². The van der Waals surface area contributed by atoms with E-state index in [2.05, 4.69) is 13.2 Å². The predicted octanol–water partition coefficient (Wildman–Crippen LogP) is 3.91. The van der Waals surface area contributed by atoms with Crippen LogP contribution in [0.1, 0.15) is 23.2 Å². The number of hydrogen-bond donors (Lipinski definition) is 0. The van der Waals surface area contributed by atoms with Crippen LogP contribution >= 0.6 is 0 Å². The van der Waals surface area contributed by atoms with Crippen molar-refractivity contribution in [2.75, 3.05) is 33.5 Å². The fourth-order valence-corrected chi connectivity index (χ4v) is 2.62. The summed E-state index contributed by atoms with van der Waals surface area (Å²) in [6.45, 7) is 7.43. The van der Waals surface area contributed by atoms with Crippen LogP contribution in [0.2, 0.25) is 0 Å². The molecule has 2 aromatic carbocycles. The van der Waals surface area contributed by atoms with Crippen molar-refractivity contribution >= 4 is 17.9 Å². The smallest absolute Gasteiger partial charge is 0.343 e. The van der Waals surface area contributed by atoms with Crippen molar-refractivity contribution in [3.63, 3.8) is 0 Å². The van der Waals surface area contributed by atoms with Crippen LogP contribution in [0.5, 0.6) is 23.0 Å². The second-order valence-electron chi connectivity index (χ2n) is 6.87. The quantitative estimate of drug-likeness (QED) is 0.161. The number of carbonyl (C=O) groups excluding carboxylic acids is 3. The van der Waals surface area contributed by atoms with E-state index in [1.807, 2.05) is 0 Å². The Kier molecular flexibility index (Phi) is 11.4. The lowest BCUT2D eigenvalue weighted by Crippen LogP contribution is -2.11. The summed E-state index contributed by atoms with van der Waals surface area (Å²) in [5, 5.41) is 0. The van der Waals surface area contributed by atoms with Crippen molar-refractivity contribution in [1.29, 1.82) is 0 Å². The molecule has 0 aliphatic carbocycles. The molecule has 0 bridgehead atoms. The molecule has 2 aromatic rings. The summed E-state index contributed by atoms with van der Waals surface area (Å²) in [4.78, 5) is 34.9. The zero-order valence-corrected chi connectivity index (χ0v) is 19.5. The summed E-state index contributed by atoms with van der Waals surface area (Å²) >= 11 is 0. The first-order chi connectivity index (χ1) is 17.0. The molecule has 0 amide bonds. The number of hydrogen-bond acceptors (Lipinski definition) is 9. The minimum Gasteiger partial charge on any atom is -0.497 e. The molecule has 0 atom stereocenters. The van der Waals surface area contributed by atoms with E-state index in [-0.39, 0.29) is 32.0 Å². The summed E-state index contributed by atoms with van der Waals surface area (Å²) < 4.78 is 31.9. The monoisotopic (exact) mass is 484 g/mol. The van der Waals surface area contributed by atoms with Gasteiger partial charge in [0.15, 0.2) is 11.5 Å². The Labute approximate surface area is 203 Å². The molecule has 0 aliphatic rings. The molecule has 0 unspecified atom stereocenters. The summed E-state index contributed by atoms with van der Waals surface area (Å²) in [6, 6.07) is 11.3. The SMILES string of the molecule is C=CC(=O)OCCCOc1ccc(C(=O)Oc2ccc(OC)cc2)cc1OCCCOC(=O)C=C. The van der Waals surface area contributed by atoms with Gasteiger partial charge < -0.3 is 28.4 Å². The van der Waals surface area contributed by atoms with Gasteiger partial charge in [0, 0.05) is 25.0 Å². The van der Waals surface area contributed by atoms with Gasteiger partial charge >= 0.3 is 17.9 Å². The molecular formula is C26H28O9. The first-order valence-electron chi connectivity index (χ1n) is 10.8. The van der Waals surface area contributed by atoms with Crippen molar-refractivity contribution < 1.29 is 42.8 Å². The highest BCUT2D eigenvalue weighted by atomic mass is 16.5. The van der Waals surface area contributed by atoms with Crippen LogP contribution in [0.4, 0.5) is 0 Å². The van der Waals surface area contributed by atoms with Gasteiger partial charge in [-0.25, -0.2) is 14.4 Å².